The Bertz CT molecular complexity index is 698. The van der Waals surface area contributed by atoms with Gasteiger partial charge in [-0.3, -0.25) is 4.79 Å². The Kier molecular flexibility index (Phi) is 6.57. The number of carbonyl (C=O) groups excluding carboxylic acids is 2. The minimum absolute atomic E-state index is 0.111. The van der Waals surface area contributed by atoms with E-state index < -0.39 is 0 Å². The molecule has 0 aromatic heterocycles. The summed E-state index contributed by atoms with van der Waals surface area (Å²) in [7, 11) is 0. The van der Waals surface area contributed by atoms with E-state index in [0.29, 0.717) is 13.1 Å². The molecule has 0 spiro atoms. The van der Waals surface area contributed by atoms with E-state index in [4.69, 9.17) is 0 Å². The van der Waals surface area contributed by atoms with Crippen molar-refractivity contribution in [2.45, 2.75) is 26.8 Å². The molecule has 0 saturated heterocycles. The highest BCUT2D eigenvalue weighted by Gasteiger charge is 2.19. The SMILES string of the molecule is CC(=O)NCCNC(=O)NC(c1ccccc1C)c1ccccc1C. The lowest BCUT2D eigenvalue weighted by atomic mass is 9.92. The van der Waals surface area contributed by atoms with Gasteiger partial charge in [0.1, 0.15) is 0 Å². The summed E-state index contributed by atoms with van der Waals surface area (Å²) < 4.78 is 0. The van der Waals surface area contributed by atoms with Crippen molar-refractivity contribution in [2.24, 2.45) is 0 Å². The Morgan fingerprint density at radius 1 is 0.840 bits per heavy atom. The third kappa shape index (κ3) is 5.35. The topological polar surface area (TPSA) is 70.2 Å². The molecule has 2 rings (SSSR count). The van der Waals surface area contributed by atoms with Crippen molar-refractivity contribution in [1.82, 2.24) is 16.0 Å². The molecular formula is C20H25N3O2. The molecule has 3 N–H and O–H groups in total. The number of urea groups is 1. The number of amides is 3. The molecule has 5 nitrogen and oxygen atoms in total. The van der Waals surface area contributed by atoms with Gasteiger partial charge >= 0.3 is 6.03 Å². The van der Waals surface area contributed by atoms with E-state index in [1.807, 2.05) is 62.4 Å². The van der Waals surface area contributed by atoms with Gasteiger partial charge in [0.05, 0.1) is 6.04 Å². The van der Waals surface area contributed by atoms with Gasteiger partial charge in [-0.25, -0.2) is 4.79 Å². The van der Waals surface area contributed by atoms with Crippen molar-refractivity contribution < 1.29 is 9.59 Å². The molecule has 0 aliphatic heterocycles. The van der Waals surface area contributed by atoms with Gasteiger partial charge in [0.25, 0.3) is 0 Å². The quantitative estimate of drug-likeness (QED) is 0.708. The molecule has 2 aromatic rings. The van der Waals surface area contributed by atoms with E-state index in [-0.39, 0.29) is 18.0 Å². The van der Waals surface area contributed by atoms with Crippen LogP contribution in [0, 0.1) is 13.8 Å². The first-order valence-electron chi connectivity index (χ1n) is 8.39. The second kappa shape index (κ2) is 8.87. The van der Waals surface area contributed by atoms with Crippen molar-refractivity contribution in [3.8, 4) is 0 Å². The zero-order valence-corrected chi connectivity index (χ0v) is 14.9. The number of carbonyl (C=O) groups is 2. The van der Waals surface area contributed by atoms with Crippen LogP contribution in [0.15, 0.2) is 48.5 Å². The normalized spacial score (nSPS) is 10.4. The van der Waals surface area contributed by atoms with Gasteiger partial charge in [-0.2, -0.15) is 0 Å². The third-order valence-electron chi connectivity index (χ3n) is 4.06. The van der Waals surface area contributed by atoms with Crippen LogP contribution < -0.4 is 16.0 Å². The van der Waals surface area contributed by atoms with Crippen molar-refractivity contribution in [2.75, 3.05) is 13.1 Å². The lowest BCUT2D eigenvalue weighted by Crippen LogP contribution is -2.42. The molecule has 0 aliphatic rings. The van der Waals surface area contributed by atoms with Crippen molar-refractivity contribution in [3.63, 3.8) is 0 Å². The maximum Gasteiger partial charge on any atom is 0.315 e. The molecule has 0 saturated carbocycles. The average Bonchev–Trinajstić information content (AvgIpc) is 2.58. The van der Waals surface area contributed by atoms with Crippen LogP contribution in [0.2, 0.25) is 0 Å². The van der Waals surface area contributed by atoms with Crippen LogP contribution in [0.25, 0.3) is 0 Å². The van der Waals surface area contributed by atoms with Crippen molar-refractivity contribution in [1.29, 1.82) is 0 Å². The van der Waals surface area contributed by atoms with Crippen LogP contribution in [-0.2, 0) is 4.79 Å². The van der Waals surface area contributed by atoms with Gasteiger partial charge in [-0.15, -0.1) is 0 Å². The highest BCUT2D eigenvalue weighted by atomic mass is 16.2. The van der Waals surface area contributed by atoms with Crippen LogP contribution in [0.5, 0.6) is 0 Å². The monoisotopic (exact) mass is 339 g/mol. The fourth-order valence-electron chi connectivity index (χ4n) is 2.74. The third-order valence-corrected chi connectivity index (χ3v) is 4.06. The van der Waals surface area contributed by atoms with Gasteiger partial charge in [0.15, 0.2) is 0 Å². The minimum atomic E-state index is -0.262. The molecule has 0 fully saturated rings. The Morgan fingerprint density at radius 2 is 1.32 bits per heavy atom. The maximum absolute atomic E-state index is 12.3. The average molecular weight is 339 g/mol. The lowest BCUT2D eigenvalue weighted by molar-refractivity contribution is -0.118. The summed E-state index contributed by atoms with van der Waals surface area (Å²) in [6.45, 7) is 6.31. The Labute approximate surface area is 148 Å². The summed E-state index contributed by atoms with van der Waals surface area (Å²) in [5, 5.41) is 8.49. The molecule has 0 heterocycles. The predicted octanol–water partition coefficient (Wildman–Crippen LogP) is 2.83. The van der Waals surface area contributed by atoms with E-state index in [9.17, 15) is 9.59 Å². The summed E-state index contributed by atoms with van der Waals surface area (Å²) in [6.07, 6.45) is 0. The van der Waals surface area contributed by atoms with Crippen molar-refractivity contribution >= 4 is 11.9 Å². The Morgan fingerprint density at radius 3 is 1.80 bits per heavy atom. The molecule has 0 unspecified atom stereocenters. The van der Waals surface area contributed by atoms with Gasteiger partial charge in [-0.05, 0) is 36.1 Å². The first kappa shape index (κ1) is 18.5. The molecule has 0 atom stereocenters. The zero-order chi connectivity index (χ0) is 18.2. The fraction of sp³-hybridized carbons (Fsp3) is 0.300. The van der Waals surface area contributed by atoms with Crippen LogP contribution in [0.1, 0.15) is 35.2 Å². The van der Waals surface area contributed by atoms with Crippen LogP contribution in [-0.4, -0.2) is 25.0 Å². The summed E-state index contributed by atoms with van der Waals surface area (Å²) >= 11 is 0. The molecule has 5 heteroatoms. The van der Waals surface area contributed by atoms with Crippen LogP contribution in [0.3, 0.4) is 0 Å². The molecule has 3 amide bonds. The summed E-state index contributed by atoms with van der Waals surface area (Å²) in [5.74, 6) is -0.111. The predicted molar refractivity (Wildman–Crippen MR) is 99.4 cm³/mol. The first-order chi connectivity index (χ1) is 12.0. The molecule has 0 aliphatic carbocycles. The van der Waals surface area contributed by atoms with Crippen molar-refractivity contribution in [3.05, 3.63) is 70.8 Å². The summed E-state index contributed by atoms with van der Waals surface area (Å²) in [6, 6.07) is 15.6. The fourth-order valence-corrected chi connectivity index (χ4v) is 2.74. The number of hydrogen-bond donors (Lipinski definition) is 3. The standard InChI is InChI=1S/C20H25N3O2/c1-14-8-4-6-10-17(14)19(18-11-7-5-9-15(18)2)23-20(25)22-13-12-21-16(3)24/h4-11,19H,12-13H2,1-3H3,(H,21,24)(H2,22,23,25). The number of hydrogen-bond acceptors (Lipinski definition) is 2. The number of benzene rings is 2. The smallest absolute Gasteiger partial charge is 0.315 e. The second-order valence-corrected chi connectivity index (χ2v) is 6.03. The maximum atomic E-state index is 12.3. The number of rotatable bonds is 6. The summed E-state index contributed by atoms with van der Waals surface area (Å²) in [5.41, 5.74) is 4.37. The summed E-state index contributed by atoms with van der Waals surface area (Å²) in [4.78, 5) is 23.2. The molecule has 25 heavy (non-hydrogen) atoms. The number of aryl methyl sites for hydroxylation is 2. The second-order valence-electron chi connectivity index (χ2n) is 6.03. The van der Waals surface area contributed by atoms with Gasteiger partial charge in [0, 0.05) is 20.0 Å². The van der Waals surface area contributed by atoms with Gasteiger partial charge < -0.3 is 16.0 Å². The zero-order valence-electron chi connectivity index (χ0n) is 14.9. The minimum Gasteiger partial charge on any atom is -0.355 e. The Hall–Kier alpha value is -2.82. The first-order valence-corrected chi connectivity index (χ1v) is 8.39. The van der Waals surface area contributed by atoms with Gasteiger partial charge in [0.2, 0.25) is 5.91 Å². The highest BCUT2D eigenvalue weighted by molar-refractivity contribution is 5.75. The van der Waals surface area contributed by atoms with E-state index in [1.165, 1.54) is 6.92 Å². The van der Waals surface area contributed by atoms with Crippen LogP contribution in [0.4, 0.5) is 4.79 Å². The van der Waals surface area contributed by atoms with Gasteiger partial charge in [-0.1, -0.05) is 48.5 Å². The molecule has 0 bridgehead atoms. The lowest BCUT2D eigenvalue weighted by Gasteiger charge is -2.23. The largest absolute Gasteiger partial charge is 0.355 e. The Balaban J connectivity index is 2.16. The molecule has 132 valence electrons. The molecule has 2 aromatic carbocycles. The number of nitrogens with one attached hydrogen (secondary N) is 3. The van der Waals surface area contributed by atoms with E-state index >= 15 is 0 Å². The van der Waals surface area contributed by atoms with Crippen LogP contribution >= 0.6 is 0 Å². The molecular weight excluding hydrogens is 314 g/mol. The van der Waals surface area contributed by atoms with E-state index in [0.717, 1.165) is 22.3 Å². The van der Waals surface area contributed by atoms with E-state index in [1.54, 1.807) is 0 Å². The van der Waals surface area contributed by atoms with E-state index in [2.05, 4.69) is 16.0 Å². The molecule has 0 radical (unpaired) electrons. The highest BCUT2D eigenvalue weighted by Crippen LogP contribution is 2.27.